The number of hydrogen-bond donors (Lipinski definition) is 1. The van der Waals surface area contributed by atoms with Gasteiger partial charge in [0.1, 0.15) is 0 Å². The summed E-state index contributed by atoms with van der Waals surface area (Å²) in [5.74, 6) is -0.524. The smallest absolute Gasteiger partial charge is 0.417 e. The van der Waals surface area contributed by atoms with E-state index in [-0.39, 0.29) is 15.9 Å². The number of aryl methyl sites for hydroxylation is 1. The molecule has 7 heteroatoms. The molecule has 0 saturated carbocycles. The Balaban J connectivity index is 2.27. The molecule has 2 rings (SSSR count). The van der Waals surface area contributed by atoms with Gasteiger partial charge in [-0.15, -0.1) is 0 Å². The second kappa shape index (κ2) is 5.32. The molecule has 0 saturated heterocycles. The molecular formula is C13H9BrF3NO2. The molecule has 0 unspecified atom stereocenters. The van der Waals surface area contributed by atoms with Crippen LogP contribution in [0.25, 0.3) is 0 Å². The molecule has 1 amide bonds. The fraction of sp³-hybridized carbons (Fsp3) is 0.154. The van der Waals surface area contributed by atoms with Crippen LogP contribution in [-0.4, -0.2) is 5.91 Å². The number of carbonyl (C=O) groups excluding carboxylic acids is 1. The fourth-order valence-electron chi connectivity index (χ4n) is 1.61. The number of anilines is 1. The molecule has 0 atom stereocenters. The van der Waals surface area contributed by atoms with Gasteiger partial charge in [-0.3, -0.25) is 4.79 Å². The van der Waals surface area contributed by atoms with E-state index in [0.717, 1.165) is 6.07 Å². The first-order chi connectivity index (χ1) is 9.29. The lowest BCUT2D eigenvalue weighted by Gasteiger charge is -2.11. The summed E-state index contributed by atoms with van der Waals surface area (Å²) in [5, 5.41) is 2.37. The Morgan fingerprint density at radius 3 is 2.55 bits per heavy atom. The normalized spacial score (nSPS) is 11.4. The third-order valence-electron chi connectivity index (χ3n) is 2.60. The van der Waals surface area contributed by atoms with Gasteiger partial charge in [-0.2, -0.15) is 13.2 Å². The number of nitrogens with one attached hydrogen (secondary N) is 1. The first-order valence-corrected chi connectivity index (χ1v) is 6.30. The number of halogens is 4. The summed E-state index contributed by atoms with van der Waals surface area (Å²) in [6.07, 6.45) is -3.16. The molecule has 0 aliphatic carbocycles. The number of carbonyl (C=O) groups is 1. The second-order valence-corrected chi connectivity index (χ2v) is 4.93. The van der Waals surface area contributed by atoms with E-state index in [1.807, 2.05) is 0 Å². The largest absolute Gasteiger partial charge is 0.459 e. The fourth-order valence-corrected chi connectivity index (χ4v) is 2.08. The molecule has 1 aromatic heterocycles. The van der Waals surface area contributed by atoms with E-state index >= 15 is 0 Å². The van der Waals surface area contributed by atoms with E-state index in [9.17, 15) is 18.0 Å². The van der Waals surface area contributed by atoms with Crippen molar-refractivity contribution in [2.24, 2.45) is 0 Å². The number of alkyl halides is 3. The van der Waals surface area contributed by atoms with Crippen LogP contribution >= 0.6 is 15.9 Å². The van der Waals surface area contributed by atoms with Crippen LogP contribution in [0.4, 0.5) is 18.9 Å². The highest BCUT2D eigenvalue weighted by molar-refractivity contribution is 9.10. The number of rotatable bonds is 2. The van der Waals surface area contributed by atoms with Crippen molar-refractivity contribution in [1.29, 1.82) is 0 Å². The molecule has 0 bridgehead atoms. The van der Waals surface area contributed by atoms with Gasteiger partial charge in [0.05, 0.1) is 11.8 Å². The van der Waals surface area contributed by atoms with E-state index in [1.165, 1.54) is 18.4 Å². The van der Waals surface area contributed by atoms with Crippen molar-refractivity contribution in [3.63, 3.8) is 0 Å². The zero-order valence-corrected chi connectivity index (χ0v) is 11.8. The average Bonchev–Trinajstić information content (AvgIpc) is 2.76. The van der Waals surface area contributed by atoms with Crippen LogP contribution in [-0.2, 0) is 6.18 Å². The first-order valence-electron chi connectivity index (χ1n) is 5.51. The van der Waals surface area contributed by atoms with Gasteiger partial charge in [-0.25, -0.2) is 0 Å². The lowest BCUT2D eigenvalue weighted by molar-refractivity contribution is -0.138. The Kier molecular flexibility index (Phi) is 3.89. The number of amides is 1. The third kappa shape index (κ3) is 3.04. The highest BCUT2D eigenvalue weighted by Crippen LogP contribution is 2.36. The van der Waals surface area contributed by atoms with Crippen molar-refractivity contribution in [2.45, 2.75) is 13.1 Å². The van der Waals surface area contributed by atoms with E-state index in [0.29, 0.717) is 5.56 Å². The Bertz CT molecular complexity index is 649. The summed E-state index contributed by atoms with van der Waals surface area (Å²) in [6, 6.07) is 5.06. The van der Waals surface area contributed by atoms with Crippen LogP contribution in [0.5, 0.6) is 0 Å². The first kappa shape index (κ1) is 14.6. The zero-order valence-electron chi connectivity index (χ0n) is 10.2. The Morgan fingerprint density at radius 2 is 2.00 bits per heavy atom. The minimum Gasteiger partial charge on any atom is -0.459 e. The standard InChI is InChI=1S/C13H9BrF3NO2/c1-7-4-5-20-11(7)12(19)18-8-2-3-10(14)9(6-8)13(15,16)17/h2-6H,1H3,(H,18,19). The summed E-state index contributed by atoms with van der Waals surface area (Å²) in [7, 11) is 0. The molecule has 0 fully saturated rings. The van der Waals surface area contributed by atoms with Crippen LogP contribution in [0, 0.1) is 6.92 Å². The van der Waals surface area contributed by atoms with Crippen LogP contribution in [0.1, 0.15) is 21.7 Å². The molecule has 1 heterocycles. The molecule has 0 spiro atoms. The molecule has 2 aromatic rings. The molecule has 0 aliphatic heterocycles. The monoisotopic (exact) mass is 347 g/mol. The van der Waals surface area contributed by atoms with Crippen LogP contribution in [0.15, 0.2) is 39.4 Å². The maximum atomic E-state index is 12.7. The van der Waals surface area contributed by atoms with Gasteiger partial charge in [-0.05, 0) is 31.2 Å². The molecule has 1 N–H and O–H groups in total. The lowest BCUT2D eigenvalue weighted by atomic mass is 10.2. The van der Waals surface area contributed by atoms with Crippen molar-refractivity contribution >= 4 is 27.5 Å². The van der Waals surface area contributed by atoms with E-state index in [4.69, 9.17) is 4.42 Å². The minimum atomic E-state index is -4.50. The predicted molar refractivity (Wildman–Crippen MR) is 70.5 cm³/mol. The third-order valence-corrected chi connectivity index (χ3v) is 3.29. The van der Waals surface area contributed by atoms with Crippen molar-refractivity contribution in [2.75, 3.05) is 5.32 Å². The van der Waals surface area contributed by atoms with Crippen molar-refractivity contribution < 1.29 is 22.4 Å². The van der Waals surface area contributed by atoms with Crippen molar-refractivity contribution in [3.05, 3.63) is 51.9 Å². The van der Waals surface area contributed by atoms with Gasteiger partial charge in [0.25, 0.3) is 5.91 Å². The van der Waals surface area contributed by atoms with Crippen LogP contribution in [0.2, 0.25) is 0 Å². The summed E-state index contributed by atoms with van der Waals surface area (Å²) >= 11 is 2.83. The minimum absolute atomic E-state index is 0.0429. The Labute approximate surface area is 120 Å². The van der Waals surface area contributed by atoms with Gasteiger partial charge in [0, 0.05) is 15.7 Å². The number of hydrogen-bond acceptors (Lipinski definition) is 2. The predicted octanol–water partition coefficient (Wildman–Crippen LogP) is 4.62. The number of furan rings is 1. The molecule has 106 valence electrons. The summed E-state index contributed by atoms with van der Waals surface area (Å²) in [4.78, 5) is 11.8. The zero-order chi connectivity index (χ0) is 14.9. The second-order valence-electron chi connectivity index (χ2n) is 4.08. The maximum absolute atomic E-state index is 12.7. The van der Waals surface area contributed by atoms with E-state index in [1.54, 1.807) is 13.0 Å². The summed E-state index contributed by atoms with van der Waals surface area (Å²) < 4.78 is 43.1. The van der Waals surface area contributed by atoms with Gasteiger partial charge < -0.3 is 9.73 Å². The Morgan fingerprint density at radius 1 is 1.30 bits per heavy atom. The van der Waals surface area contributed by atoms with Crippen LogP contribution < -0.4 is 5.32 Å². The average molecular weight is 348 g/mol. The van der Waals surface area contributed by atoms with E-state index < -0.39 is 17.6 Å². The van der Waals surface area contributed by atoms with Crippen molar-refractivity contribution in [3.8, 4) is 0 Å². The van der Waals surface area contributed by atoms with Gasteiger partial charge >= 0.3 is 6.18 Å². The summed E-state index contributed by atoms with van der Waals surface area (Å²) in [6.45, 7) is 1.67. The molecule has 0 radical (unpaired) electrons. The number of benzene rings is 1. The topological polar surface area (TPSA) is 42.2 Å². The molecule has 20 heavy (non-hydrogen) atoms. The summed E-state index contributed by atoms with van der Waals surface area (Å²) in [5.41, 5.74) is -0.205. The Hall–Kier alpha value is -1.76. The van der Waals surface area contributed by atoms with Gasteiger partial charge in [0.15, 0.2) is 5.76 Å². The highest BCUT2D eigenvalue weighted by atomic mass is 79.9. The van der Waals surface area contributed by atoms with E-state index in [2.05, 4.69) is 21.2 Å². The van der Waals surface area contributed by atoms with Gasteiger partial charge in [0.2, 0.25) is 0 Å². The molecular weight excluding hydrogens is 339 g/mol. The SMILES string of the molecule is Cc1ccoc1C(=O)Nc1ccc(Br)c(C(F)(F)F)c1. The van der Waals surface area contributed by atoms with Gasteiger partial charge in [-0.1, -0.05) is 15.9 Å². The lowest BCUT2D eigenvalue weighted by Crippen LogP contribution is -2.13. The molecule has 3 nitrogen and oxygen atoms in total. The molecule has 0 aliphatic rings. The molecule has 1 aromatic carbocycles. The van der Waals surface area contributed by atoms with Crippen LogP contribution in [0.3, 0.4) is 0 Å². The quantitative estimate of drug-likeness (QED) is 0.860. The maximum Gasteiger partial charge on any atom is 0.417 e. The highest BCUT2D eigenvalue weighted by Gasteiger charge is 2.33. The van der Waals surface area contributed by atoms with Crippen molar-refractivity contribution in [1.82, 2.24) is 0 Å².